The zero-order valence-corrected chi connectivity index (χ0v) is 18.8. The molecule has 3 saturated carbocycles. The maximum Gasteiger partial charge on any atom is 0.508 e. The van der Waals surface area contributed by atoms with E-state index < -0.39 is 6.16 Å². The molecule has 0 aromatic heterocycles. The number of fused-ring (bicyclic) bond motifs is 5. The molecular weight excluding hydrogens is 364 g/mol. The number of carbonyl (C=O) groups is 1. The fourth-order valence-corrected chi connectivity index (χ4v) is 7.59. The summed E-state index contributed by atoms with van der Waals surface area (Å²) in [6.07, 6.45) is 14.0. The van der Waals surface area contributed by atoms with Gasteiger partial charge >= 0.3 is 6.16 Å². The molecule has 4 rings (SSSR count). The number of rotatable bonds is 5. The van der Waals surface area contributed by atoms with Crippen molar-refractivity contribution in [3.05, 3.63) is 12.2 Å². The van der Waals surface area contributed by atoms with Crippen LogP contribution in [0.4, 0.5) is 4.79 Å². The van der Waals surface area contributed by atoms with Crippen LogP contribution in [-0.2, 0) is 14.2 Å². The minimum Gasteiger partial charge on any atom is -0.434 e. The maximum absolute atomic E-state index is 12.1. The minimum absolute atomic E-state index is 0.0209. The van der Waals surface area contributed by atoms with Crippen LogP contribution in [0.3, 0.4) is 0 Å². The lowest BCUT2D eigenvalue weighted by Gasteiger charge is -2.59. The summed E-state index contributed by atoms with van der Waals surface area (Å²) in [7, 11) is 0. The van der Waals surface area contributed by atoms with Gasteiger partial charge in [-0.3, -0.25) is 0 Å². The highest BCUT2D eigenvalue weighted by Gasteiger charge is 2.60. The van der Waals surface area contributed by atoms with Crippen molar-refractivity contribution in [1.82, 2.24) is 0 Å². The molecule has 8 atom stereocenters. The van der Waals surface area contributed by atoms with Crippen molar-refractivity contribution >= 4 is 6.16 Å². The van der Waals surface area contributed by atoms with Crippen LogP contribution < -0.4 is 0 Å². The van der Waals surface area contributed by atoms with E-state index in [1.165, 1.54) is 32.1 Å². The number of hydrogen-bond donors (Lipinski definition) is 0. The van der Waals surface area contributed by atoms with E-state index in [0.717, 1.165) is 43.6 Å². The first-order chi connectivity index (χ1) is 13.9. The van der Waals surface area contributed by atoms with Gasteiger partial charge in [0.25, 0.3) is 0 Å². The molecule has 0 amide bonds. The molecule has 29 heavy (non-hydrogen) atoms. The van der Waals surface area contributed by atoms with Gasteiger partial charge in [-0.25, -0.2) is 4.79 Å². The molecule has 0 bridgehead atoms. The van der Waals surface area contributed by atoms with Crippen molar-refractivity contribution in [3.63, 3.8) is 0 Å². The summed E-state index contributed by atoms with van der Waals surface area (Å²) in [6, 6.07) is 0. The molecule has 0 aliphatic heterocycles. The second-order valence-electron chi connectivity index (χ2n) is 10.4. The summed E-state index contributed by atoms with van der Waals surface area (Å²) in [6.45, 7) is 10.2. The number of carbonyl (C=O) groups excluding carboxylic acids is 1. The van der Waals surface area contributed by atoms with Crippen molar-refractivity contribution in [3.8, 4) is 0 Å². The second-order valence-corrected chi connectivity index (χ2v) is 10.4. The molecule has 164 valence electrons. The Bertz CT molecular complexity index is 630. The lowest BCUT2D eigenvalue weighted by Crippen LogP contribution is -2.53. The SMILES string of the molecule is CCCOC(=O)O[C@H]1CC[C@H]2[C@@H]3CC[C@H]4C[C@@H](OCC)C=C[C@]4(C)[C@H]3CC[C@]12C. The van der Waals surface area contributed by atoms with E-state index in [1.807, 2.05) is 6.92 Å². The minimum atomic E-state index is -0.464. The van der Waals surface area contributed by atoms with Crippen LogP contribution >= 0.6 is 0 Å². The standard InChI is InChI=1S/C25H40O4/c1-5-15-28-23(26)29-22-10-9-20-19-8-7-17-16-18(27-6-2)11-13-24(17,3)21(19)12-14-25(20,22)4/h11,13,17-22H,5-10,12,14-16H2,1-4H3/t17-,18-,19-,20-,21-,22-,24-,25-/m0/s1. The first kappa shape index (κ1) is 21.2. The van der Waals surface area contributed by atoms with Gasteiger partial charge in [0.15, 0.2) is 0 Å². The van der Waals surface area contributed by atoms with Crippen LogP contribution in [0.2, 0.25) is 0 Å². The molecule has 0 heterocycles. The van der Waals surface area contributed by atoms with Gasteiger partial charge in [-0.05, 0) is 87.4 Å². The summed E-state index contributed by atoms with van der Waals surface area (Å²) in [5.41, 5.74) is 0.415. The fraction of sp³-hybridized carbons (Fsp3) is 0.880. The summed E-state index contributed by atoms with van der Waals surface area (Å²) in [5, 5.41) is 0. The third-order valence-electron chi connectivity index (χ3n) is 9.11. The Morgan fingerprint density at radius 3 is 2.66 bits per heavy atom. The number of ether oxygens (including phenoxy) is 3. The highest BCUT2D eigenvalue weighted by atomic mass is 16.7. The van der Waals surface area contributed by atoms with Gasteiger partial charge in [0.1, 0.15) is 6.10 Å². The number of hydrogen-bond acceptors (Lipinski definition) is 4. The van der Waals surface area contributed by atoms with Crippen LogP contribution in [0.1, 0.15) is 79.1 Å². The third kappa shape index (κ3) is 3.64. The highest BCUT2D eigenvalue weighted by molar-refractivity contribution is 5.60. The molecule has 3 fully saturated rings. The smallest absolute Gasteiger partial charge is 0.434 e. The fourth-order valence-electron chi connectivity index (χ4n) is 7.59. The first-order valence-electron chi connectivity index (χ1n) is 12.1. The summed E-state index contributed by atoms with van der Waals surface area (Å²) in [4.78, 5) is 12.1. The maximum atomic E-state index is 12.1. The van der Waals surface area contributed by atoms with Gasteiger partial charge in [-0.2, -0.15) is 0 Å². The summed E-state index contributed by atoms with van der Waals surface area (Å²) >= 11 is 0. The van der Waals surface area contributed by atoms with Gasteiger partial charge in [0.05, 0.1) is 12.7 Å². The topological polar surface area (TPSA) is 44.8 Å². The van der Waals surface area contributed by atoms with Crippen LogP contribution in [0.5, 0.6) is 0 Å². The molecule has 0 aromatic rings. The average molecular weight is 405 g/mol. The molecule has 0 radical (unpaired) electrons. The van der Waals surface area contributed by atoms with Gasteiger partial charge in [-0.1, -0.05) is 32.9 Å². The van der Waals surface area contributed by atoms with E-state index in [0.29, 0.717) is 24.0 Å². The van der Waals surface area contributed by atoms with E-state index in [4.69, 9.17) is 14.2 Å². The monoisotopic (exact) mass is 404 g/mol. The second kappa shape index (κ2) is 8.24. The Morgan fingerprint density at radius 1 is 1.07 bits per heavy atom. The third-order valence-corrected chi connectivity index (χ3v) is 9.11. The van der Waals surface area contributed by atoms with Crippen LogP contribution in [0.25, 0.3) is 0 Å². The molecule has 0 N–H and O–H groups in total. The molecule has 0 spiro atoms. The van der Waals surface area contributed by atoms with Crippen molar-refractivity contribution in [2.75, 3.05) is 13.2 Å². The van der Waals surface area contributed by atoms with Crippen molar-refractivity contribution in [1.29, 1.82) is 0 Å². The predicted molar refractivity (Wildman–Crippen MR) is 114 cm³/mol. The van der Waals surface area contributed by atoms with E-state index >= 15 is 0 Å². The first-order valence-corrected chi connectivity index (χ1v) is 12.1. The highest BCUT2D eigenvalue weighted by Crippen LogP contribution is 2.65. The summed E-state index contributed by atoms with van der Waals surface area (Å²) < 4.78 is 17.0. The van der Waals surface area contributed by atoms with Gasteiger partial charge in [0.2, 0.25) is 0 Å². The van der Waals surface area contributed by atoms with E-state index in [2.05, 4.69) is 32.9 Å². The Morgan fingerprint density at radius 2 is 1.90 bits per heavy atom. The average Bonchev–Trinajstić information content (AvgIpc) is 3.03. The quantitative estimate of drug-likeness (QED) is 0.408. The Labute approximate surface area is 176 Å². The number of allylic oxidation sites excluding steroid dienone is 1. The molecule has 0 aromatic carbocycles. The zero-order chi connectivity index (χ0) is 20.6. The van der Waals surface area contributed by atoms with Crippen molar-refractivity contribution in [2.24, 2.45) is 34.5 Å². The van der Waals surface area contributed by atoms with Gasteiger partial charge < -0.3 is 14.2 Å². The van der Waals surface area contributed by atoms with E-state index in [-0.39, 0.29) is 11.5 Å². The molecule has 0 unspecified atom stereocenters. The Hall–Kier alpha value is -1.03. The van der Waals surface area contributed by atoms with Crippen molar-refractivity contribution in [2.45, 2.75) is 91.3 Å². The molecule has 4 aliphatic carbocycles. The van der Waals surface area contributed by atoms with E-state index in [1.54, 1.807) is 0 Å². The van der Waals surface area contributed by atoms with Crippen LogP contribution in [0.15, 0.2) is 12.2 Å². The van der Waals surface area contributed by atoms with Crippen molar-refractivity contribution < 1.29 is 19.0 Å². The molecule has 0 saturated heterocycles. The Balaban J connectivity index is 1.48. The lowest BCUT2D eigenvalue weighted by atomic mass is 9.46. The van der Waals surface area contributed by atoms with Gasteiger partial charge in [-0.15, -0.1) is 0 Å². The lowest BCUT2D eigenvalue weighted by molar-refractivity contribution is -0.109. The van der Waals surface area contributed by atoms with Crippen LogP contribution in [-0.4, -0.2) is 31.6 Å². The van der Waals surface area contributed by atoms with E-state index in [9.17, 15) is 4.79 Å². The molecule has 4 aliphatic rings. The predicted octanol–water partition coefficient (Wildman–Crippen LogP) is 6.14. The van der Waals surface area contributed by atoms with Gasteiger partial charge in [0, 0.05) is 12.0 Å². The summed E-state index contributed by atoms with van der Waals surface area (Å²) in [5.74, 6) is 2.92. The normalized spacial score (nSPS) is 45.8. The molecule has 4 nitrogen and oxygen atoms in total. The Kier molecular flexibility index (Phi) is 6.03. The largest absolute Gasteiger partial charge is 0.508 e. The molecule has 4 heteroatoms. The molecular formula is C25H40O4. The zero-order valence-electron chi connectivity index (χ0n) is 18.8. The van der Waals surface area contributed by atoms with Crippen LogP contribution in [0, 0.1) is 34.5 Å².